The highest BCUT2D eigenvalue weighted by atomic mass is 16.4. The number of nitrogens with two attached hydrogens (primary N) is 1. The van der Waals surface area contributed by atoms with E-state index in [4.69, 9.17) is 21.1 Å². The molecule has 0 heterocycles. The summed E-state index contributed by atoms with van der Waals surface area (Å²) in [6.07, 6.45) is 0.447. The van der Waals surface area contributed by atoms with Crippen molar-refractivity contribution in [3.63, 3.8) is 0 Å². The SMILES string of the molecule is NCC(CC(=O)O)CC(CO)CO. The van der Waals surface area contributed by atoms with Crippen molar-refractivity contribution in [3.05, 3.63) is 0 Å². The Hall–Kier alpha value is -0.650. The first-order valence-corrected chi connectivity index (χ1v) is 4.27. The number of carboxylic acids is 1. The lowest BCUT2D eigenvalue weighted by atomic mass is 9.93. The van der Waals surface area contributed by atoms with E-state index in [1.165, 1.54) is 0 Å². The van der Waals surface area contributed by atoms with Crippen LogP contribution in [0.3, 0.4) is 0 Å². The lowest BCUT2D eigenvalue weighted by Gasteiger charge is -2.17. The van der Waals surface area contributed by atoms with Crippen molar-refractivity contribution in [2.45, 2.75) is 12.8 Å². The molecule has 5 N–H and O–H groups in total. The smallest absolute Gasteiger partial charge is 0.303 e. The minimum Gasteiger partial charge on any atom is -0.481 e. The third kappa shape index (κ3) is 5.57. The van der Waals surface area contributed by atoms with Crippen LogP contribution in [0.4, 0.5) is 0 Å². The Morgan fingerprint density at radius 1 is 1.23 bits per heavy atom. The number of aliphatic hydroxyl groups excluding tert-OH is 2. The lowest BCUT2D eigenvalue weighted by molar-refractivity contribution is -0.138. The van der Waals surface area contributed by atoms with Crippen molar-refractivity contribution in [1.82, 2.24) is 0 Å². The number of carboxylic acid groups (broad SMARTS) is 1. The maximum atomic E-state index is 10.3. The highest BCUT2D eigenvalue weighted by molar-refractivity contribution is 5.67. The van der Waals surface area contributed by atoms with Gasteiger partial charge in [0.05, 0.1) is 0 Å². The molecule has 0 aliphatic heterocycles. The van der Waals surface area contributed by atoms with Gasteiger partial charge in [0.1, 0.15) is 0 Å². The highest BCUT2D eigenvalue weighted by Gasteiger charge is 2.16. The summed E-state index contributed by atoms with van der Waals surface area (Å²) in [5.74, 6) is -1.32. The fraction of sp³-hybridized carbons (Fsp3) is 0.875. The number of hydrogen-bond acceptors (Lipinski definition) is 4. The molecule has 78 valence electrons. The first kappa shape index (κ1) is 12.3. The van der Waals surface area contributed by atoms with Crippen LogP contribution in [-0.2, 0) is 4.79 Å². The average molecular weight is 191 g/mol. The van der Waals surface area contributed by atoms with Crippen LogP contribution in [-0.4, -0.2) is 41.0 Å². The molecule has 13 heavy (non-hydrogen) atoms. The molecule has 0 aliphatic carbocycles. The number of hydrogen-bond donors (Lipinski definition) is 4. The van der Waals surface area contributed by atoms with E-state index in [-0.39, 0.29) is 38.0 Å². The van der Waals surface area contributed by atoms with Crippen LogP contribution in [0, 0.1) is 11.8 Å². The van der Waals surface area contributed by atoms with Gasteiger partial charge in [-0.05, 0) is 18.9 Å². The van der Waals surface area contributed by atoms with Crippen LogP contribution in [0.5, 0.6) is 0 Å². The fourth-order valence-electron chi connectivity index (χ4n) is 1.19. The summed E-state index contributed by atoms with van der Waals surface area (Å²) in [5, 5.41) is 26.0. The van der Waals surface area contributed by atoms with Crippen LogP contribution in [0.25, 0.3) is 0 Å². The fourth-order valence-corrected chi connectivity index (χ4v) is 1.19. The van der Waals surface area contributed by atoms with Gasteiger partial charge in [0.2, 0.25) is 0 Å². The van der Waals surface area contributed by atoms with Crippen molar-refractivity contribution in [2.24, 2.45) is 17.6 Å². The number of carbonyl (C=O) groups is 1. The molecular weight excluding hydrogens is 174 g/mol. The monoisotopic (exact) mass is 191 g/mol. The van der Waals surface area contributed by atoms with Gasteiger partial charge in [-0.1, -0.05) is 0 Å². The second kappa shape index (κ2) is 6.82. The van der Waals surface area contributed by atoms with Crippen LogP contribution in [0.1, 0.15) is 12.8 Å². The van der Waals surface area contributed by atoms with Crippen molar-refractivity contribution >= 4 is 5.97 Å². The minimum atomic E-state index is -0.898. The third-order valence-electron chi connectivity index (χ3n) is 1.98. The largest absolute Gasteiger partial charge is 0.481 e. The van der Waals surface area contributed by atoms with Gasteiger partial charge in [-0.3, -0.25) is 4.79 Å². The molecule has 5 nitrogen and oxygen atoms in total. The summed E-state index contributed by atoms with van der Waals surface area (Å²) in [6, 6.07) is 0. The Labute approximate surface area is 77.2 Å². The summed E-state index contributed by atoms with van der Waals surface area (Å²) in [6.45, 7) is 0.00202. The van der Waals surface area contributed by atoms with E-state index >= 15 is 0 Å². The van der Waals surface area contributed by atoms with E-state index in [1.807, 2.05) is 0 Å². The second-order valence-electron chi connectivity index (χ2n) is 3.17. The predicted molar refractivity (Wildman–Crippen MR) is 47.1 cm³/mol. The van der Waals surface area contributed by atoms with E-state index in [2.05, 4.69) is 0 Å². The molecule has 1 unspecified atom stereocenters. The topological polar surface area (TPSA) is 104 Å². The maximum Gasteiger partial charge on any atom is 0.303 e. The molecule has 0 aromatic rings. The number of rotatable bonds is 7. The summed E-state index contributed by atoms with van der Waals surface area (Å²) in [5.41, 5.74) is 5.35. The van der Waals surface area contributed by atoms with E-state index in [9.17, 15) is 4.79 Å². The molecule has 5 heteroatoms. The van der Waals surface area contributed by atoms with E-state index < -0.39 is 5.97 Å². The third-order valence-corrected chi connectivity index (χ3v) is 1.98. The number of aliphatic hydroxyl groups is 2. The zero-order valence-corrected chi connectivity index (χ0v) is 7.52. The normalized spacial score (nSPS) is 13.2. The van der Waals surface area contributed by atoms with Crippen LogP contribution in [0.2, 0.25) is 0 Å². The van der Waals surface area contributed by atoms with Crippen LogP contribution in [0.15, 0.2) is 0 Å². The zero-order chi connectivity index (χ0) is 10.3. The molecule has 0 saturated heterocycles. The Bertz CT molecular complexity index is 147. The zero-order valence-electron chi connectivity index (χ0n) is 7.52. The van der Waals surface area contributed by atoms with Gasteiger partial charge in [0.25, 0.3) is 0 Å². The molecule has 0 radical (unpaired) electrons. The Kier molecular flexibility index (Phi) is 6.48. The van der Waals surface area contributed by atoms with Crippen molar-refractivity contribution in [1.29, 1.82) is 0 Å². The quantitative estimate of drug-likeness (QED) is 0.414. The molecule has 0 bridgehead atoms. The summed E-state index contributed by atoms with van der Waals surface area (Å²) >= 11 is 0. The Morgan fingerprint density at radius 3 is 2.08 bits per heavy atom. The molecule has 0 spiro atoms. The predicted octanol–water partition coefficient (Wildman–Crippen LogP) is -0.973. The van der Waals surface area contributed by atoms with Crippen LogP contribution >= 0.6 is 0 Å². The van der Waals surface area contributed by atoms with Gasteiger partial charge in [-0.25, -0.2) is 0 Å². The van der Waals surface area contributed by atoms with E-state index in [1.54, 1.807) is 0 Å². The van der Waals surface area contributed by atoms with Gasteiger partial charge in [0, 0.05) is 25.6 Å². The summed E-state index contributed by atoms with van der Waals surface area (Å²) < 4.78 is 0. The molecule has 0 amide bonds. The Balaban J connectivity index is 3.87. The van der Waals surface area contributed by atoms with Gasteiger partial charge >= 0.3 is 5.97 Å². The molecule has 1 atom stereocenters. The Morgan fingerprint density at radius 2 is 1.77 bits per heavy atom. The highest BCUT2D eigenvalue weighted by Crippen LogP contribution is 2.14. The average Bonchev–Trinajstić information content (AvgIpc) is 2.11. The summed E-state index contributed by atoms with van der Waals surface area (Å²) in [7, 11) is 0. The maximum absolute atomic E-state index is 10.3. The standard InChI is InChI=1S/C8H17NO4/c9-3-6(2-8(12)13)1-7(4-10)5-11/h6-7,10-11H,1-5,9H2,(H,12,13). The molecule has 0 aromatic carbocycles. The van der Waals surface area contributed by atoms with Gasteiger partial charge in [0.15, 0.2) is 0 Å². The summed E-state index contributed by atoms with van der Waals surface area (Å²) in [4.78, 5) is 10.3. The van der Waals surface area contributed by atoms with E-state index in [0.29, 0.717) is 6.42 Å². The first-order chi connectivity index (χ1) is 6.13. The van der Waals surface area contributed by atoms with E-state index in [0.717, 1.165) is 0 Å². The van der Waals surface area contributed by atoms with Gasteiger partial charge < -0.3 is 21.1 Å². The van der Waals surface area contributed by atoms with Crippen molar-refractivity contribution in [3.8, 4) is 0 Å². The second-order valence-corrected chi connectivity index (χ2v) is 3.17. The molecule has 0 rings (SSSR count). The van der Waals surface area contributed by atoms with Gasteiger partial charge in [-0.2, -0.15) is 0 Å². The molecular formula is C8H17NO4. The van der Waals surface area contributed by atoms with Crippen molar-refractivity contribution in [2.75, 3.05) is 19.8 Å². The molecule has 0 fully saturated rings. The lowest BCUT2D eigenvalue weighted by Crippen LogP contribution is -2.24. The van der Waals surface area contributed by atoms with Gasteiger partial charge in [-0.15, -0.1) is 0 Å². The molecule has 0 saturated carbocycles. The molecule has 0 aliphatic rings. The minimum absolute atomic E-state index is 0.00694. The van der Waals surface area contributed by atoms with Crippen molar-refractivity contribution < 1.29 is 20.1 Å². The number of aliphatic carboxylic acids is 1. The van der Waals surface area contributed by atoms with Crippen LogP contribution < -0.4 is 5.73 Å². The molecule has 0 aromatic heterocycles. The first-order valence-electron chi connectivity index (χ1n) is 4.27.